The van der Waals surface area contributed by atoms with Gasteiger partial charge in [-0.25, -0.2) is 4.79 Å². The summed E-state index contributed by atoms with van der Waals surface area (Å²) in [6.07, 6.45) is 0.121. The monoisotopic (exact) mass is 224 g/mol. The first-order valence-corrected chi connectivity index (χ1v) is 4.54. The van der Waals surface area contributed by atoms with E-state index < -0.39 is 5.97 Å². The van der Waals surface area contributed by atoms with Gasteiger partial charge in [0.15, 0.2) is 0 Å². The number of carbonyl (C=O) groups is 2. The van der Waals surface area contributed by atoms with E-state index in [4.69, 9.17) is 9.47 Å². The zero-order valence-electron chi connectivity index (χ0n) is 9.06. The van der Waals surface area contributed by atoms with Gasteiger partial charge in [-0.2, -0.15) is 0 Å². The lowest BCUT2D eigenvalue weighted by Crippen LogP contribution is -2.06. The van der Waals surface area contributed by atoms with Crippen molar-refractivity contribution in [2.75, 3.05) is 14.2 Å². The Hall–Kier alpha value is -2.04. The molecule has 0 radical (unpaired) electrons. The van der Waals surface area contributed by atoms with E-state index in [1.807, 2.05) is 0 Å². The molecule has 1 aromatic rings. The van der Waals surface area contributed by atoms with Crippen molar-refractivity contribution in [3.05, 3.63) is 23.8 Å². The van der Waals surface area contributed by atoms with Crippen molar-refractivity contribution in [2.24, 2.45) is 0 Å². The number of methoxy groups -OCH3 is 2. The summed E-state index contributed by atoms with van der Waals surface area (Å²) in [5.41, 5.74) is 0.665. The Morgan fingerprint density at radius 1 is 1.31 bits per heavy atom. The van der Waals surface area contributed by atoms with Gasteiger partial charge >= 0.3 is 5.97 Å². The van der Waals surface area contributed by atoms with Gasteiger partial charge < -0.3 is 14.2 Å². The minimum absolute atomic E-state index is 0.00919. The highest BCUT2D eigenvalue weighted by atomic mass is 16.5. The maximum atomic E-state index is 10.7. The van der Waals surface area contributed by atoms with E-state index >= 15 is 0 Å². The third kappa shape index (κ3) is 2.98. The van der Waals surface area contributed by atoms with Crippen LogP contribution in [0.2, 0.25) is 0 Å². The average Bonchev–Trinajstić information content (AvgIpc) is 2.35. The molecule has 1 rings (SSSR count). The Labute approximate surface area is 92.9 Å². The van der Waals surface area contributed by atoms with Crippen LogP contribution in [0.5, 0.6) is 11.5 Å². The fourth-order valence-corrected chi connectivity index (χ4v) is 1.15. The second-order valence-corrected chi connectivity index (χ2v) is 2.90. The van der Waals surface area contributed by atoms with Gasteiger partial charge in [0.1, 0.15) is 18.1 Å². The number of hydrogen-bond donors (Lipinski definition) is 0. The fourth-order valence-electron chi connectivity index (χ4n) is 1.15. The maximum Gasteiger partial charge on any atom is 0.371 e. The van der Waals surface area contributed by atoms with E-state index in [0.29, 0.717) is 17.1 Å². The van der Waals surface area contributed by atoms with Gasteiger partial charge in [0.05, 0.1) is 14.2 Å². The van der Waals surface area contributed by atoms with Crippen LogP contribution < -0.4 is 9.47 Å². The van der Waals surface area contributed by atoms with Crippen LogP contribution in [0, 0.1) is 0 Å². The molecule has 0 atom stereocenters. The maximum absolute atomic E-state index is 10.7. The molecule has 1 aromatic carbocycles. The van der Waals surface area contributed by atoms with Crippen LogP contribution in [-0.2, 0) is 20.9 Å². The summed E-state index contributed by atoms with van der Waals surface area (Å²) in [6, 6.07) is 5.09. The molecule has 0 spiro atoms. The van der Waals surface area contributed by atoms with Crippen LogP contribution in [0.3, 0.4) is 0 Å². The van der Waals surface area contributed by atoms with E-state index in [9.17, 15) is 9.59 Å². The molecule has 0 saturated heterocycles. The van der Waals surface area contributed by atoms with Gasteiger partial charge in [0, 0.05) is 11.6 Å². The van der Waals surface area contributed by atoms with Crippen LogP contribution in [0.15, 0.2) is 18.2 Å². The van der Waals surface area contributed by atoms with Crippen molar-refractivity contribution in [1.29, 1.82) is 0 Å². The van der Waals surface area contributed by atoms with Gasteiger partial charge in [0.25, 0.3) is 0 Å². The summed E-state index contributed by atoms with van der Waals surface area (Å²) in [5, 5.41) is 0. The highest BCUT2D eigenvalue weighted by Crippen LogP contribution is 2.24. The van der Waals surface area contributed by atoms with Crippen LogP contribution in [-0.4, -0.2) is 26.5 Å². The Kier molecular flexibility index (Phi) is 4.32. The van der Waals surface area contributed by atoms with Crippen LogP contribution in [0.4, 0.5) is 0 Å². The first-order chi connectivity index (χ1) is 7.71. The van der Waals surface area contributed by atoms with E-state index in [-0.39, 0.29) is 12.9 Å². The fraction of sp³-hybridized carbons (Fsp3) is 0.273. The molecule has 0 bridgehead atoms. The van der Waals surface area contributed by atoms with Gasteiger partial charge in [-0.15, -0.1) is 0 Å². The molecule has 0 saturated carbocycles. The van der Waals surface area contributed by atoms with Crippen molar-refractivity contribution >= 4 is 12.3 Å². The molecule has 0 aromatic heterocycles. The summed E-state index contributed by atoms with van der Waals surface area (Å²) in [4.78, 5) is 20.7. The lowest BCUT2D eigenvalue weighted by molar-refractivity contribution is -0.149. The Morgan fingerprint density at radius 2 is 2.06 bits per heavy atom. The standard InChI is InChI=1S/C11H12O5/c1-14-9-4-3-8(10(5-9)15-2)7-16-11(13)6-12/h3-6H,7H2,1-2H3. The number of esters is 1. The van der Waals surface area contributed by atoms with Crippen LogP contribution >= 0.6 is 0 Å². The average molecular weight is 224 g/mol. The van der Waals surface area contributed by atoms with E-state index in [0.717, 1.165) is 0 Å². The molecular formula is C11H12O5. The lowest BCUT2D eigenvalue weighted by Gasteiger charge is -2.09. The first-order valence-electron chi connectivity index (χ1n) is 4.54. The SMILES string of the molecule is COc1ccc(COC(=O)C=O)c(OC)c1. The van der Waals surface area contributed by atoms with Gasteiger partial charge in [0.2, 0.25) is 6.29 Å². The predicted molar refractivity (Wildman–Crippen MR) is 55.4 cm³/mol. The zero-order chi connectivity index (χ0) is 12.0. The third-order valence-corrected chi connectivity index (χ3v) is 1.96. The highest BCUT2D eigenvalue weighted by molar-refractivity contribution is 6.20. The molecule has 5 nitrogen and oxygen atoms in total. The minimum Gasteiger partial charge on any atom is -0.497 e. The smallest absolute Gasteiger partial charge is 0.371 e. The lowest BCUT2D eigenvalue weighted by atomic mass is 10.2. The molecular weight excluding hydrogens is 212 g/mol. The largest absolute Gasteiger partial charge is 0.497 e. The molecule has 0 heterocycles. The van der Waals surface area contributed by atoms with Gasteiger partial charge in [-0.3, -0.25) is 4.79 Å². The number of hydrogen-bond acceptors (Lipinski definition) is 5. The van der Waals surface area contributed by atoms with Gasteiger partial charge in [-0.05, 0) is 12.1 Å². The highest BCUT2D eigenvalue weighted by Gasteiger charge is 2.07. The molecule has 0 aliphatic rings. The molecule has 0 aliphatic carbocycles. The zero-order valence-corrected chi connectivity index (χ0v) is 9.06. The van der Waals surface area contributed by atoms with Crippen LogP contribution in [0.25, 0.3) is 0 Å². The molecule has 86 valence electrons. The molecule has 0 N–H and O–H groups in total. The second-order valence-electron chi connectivity index (χ2n) is 2.90. The summed E-state index contributed by atoms with van der Waals surface area (Å²) in [5.74, 6) is 0.276. The van der Waals surface area contributed by atoms with Crippen molar-refractivity contribution in [3.8, 4) is 11.5 Å². The van der Waals surface area contributed by atoms with Crippen LogP contribution in [0.1, 0.15) is 5.56 Å². The summed E-state index contributed by atoms with van der Waals surface area (Å²) >= 11 is 0. The number of rotatable bonds is 5. The predicted octanol–water partition coefficient (Wildman–Crippen LogP) is 0.946. The third-order valence-electron chi connectivity index (χ3n) is 1.96. The van der Waals surface area contributed by atoms with Crippen molar-refractivity contribution in [2.45, 2.75) is 6.61 Å². The Balaban J connectivity index is 2.79. The topological polar surface area (TPSA) is 61.8 Å². The minimum atomic E-state index is -0.905. The first kappa shape index (κ1) is 12.0. The molecule has 0 aliphatic heterocycles. The Bertz CT molecular complexity index is 386. The van der Waals surface area contributed by atoms with E-state index in [1.165, 1.54) is 7.11 Å². The molecule has 0 unspecified atom stereocenters. The second kappa shape index (κ2) is 5.75. The number of benzene rings is 1. The molecule has 16 heavy (non-hydrogen) atoms. The summed E-state index contributed by atoms with van der Waals surface area (Å²) < 4.78 is 14.8. The molecule has 0 fully saturated rings. The molecule has 0 amide bonds. The Morgan fingerprint density at radius 3 is 2.62 bits per heavy atom. The summed E-state index contributed by atoms with van der Waals surface area (Å²) in [6.45, 7) is -0.00919. The number of carbonyl (C=O) groups excluding carboxylic acids is 2. The van der Waals surface area contributed by atoms with E-state index in [1.54, 1.807) is 25.3 Å². The van der Waals surface area contributed by atoms with Crippen molar-refractivity contribution < 1.29 is 23.8 Å². The van der Waals surface area contributed by atoms with Gasteiger partial charge in [-0.1, -0.05) is 0 Å². The quantitative estimate of drug-likeness (QED) is 0.423. The van der Waals surface area contributed by atoms with Crippen molar-refractivity contribution in [1.82, 2.24) is 0 Å². The number of aldehydes is 1. The van der Waals surface area contributed by atoms with E-state index in [2.05, 4.69) is 4.74 Å². The number of ether oxygens (including phenoxy) is 3. The van der Waals surface area contributed by atoms with Crippen molar-refractivity contribution in [3.63, 3.8) is 0 Å². The normalized spacial score (nSPS) is 9.38. The summed E-state index contributed by atoms with van der Waals surface area (Å²) in [7, 11) is 3.04. The molecule has 5 heteroatoms.